The van der Waals surface area contributed by atoms with Gasteiger partial charge in [-0.3, -0.25) is 4.79 Å². The highest BCUT2D eigenvalue weighted by atomic mass is 16.5. The van der Waals surface area contributed by atoms with E-state index in [4.69, 9.17) is 4.74 Å². The Kier molecular flexibility index (Phi) is 4.82. The molecule has 27 heavy (non-hydrogen) atoms. The van der Waals surface area contributed by atoms with Crippen molar-refractivity contribution in [3.05, 3.63) is 77.9 Å². The van der Waals surface area contributed by atoms with Crippen molar-refractivity contribution < 1.29 is 14.6 Å². The minimum absolute atomic E-state index is 0.00642. The number of fused-ring (bicyclic) bond motifs is 1. The minimum Gasteiger partial charge on any atom is -0.507 e. The first kappa shape index (κ1) is 17.6. The van der Waals surface area contributed by atoms with Gasteiger partial charge < -0.3 is 15.2 Å². The number of ether oxygens (including phenoxy) is 1. The SMILES string of the molecule is O=C(NCC1(c2ccccc2)CCOCC1)c1cc2ccccc2cc1O. The average molecular weight is 361 g/mol. The molecule has 0 atom stereocenters. The Bertz CT molecular complexity index is 946. The van der Waals surface area contributed by atoms with Gasteiger partial charge in [0.05, 0.1) is 5.56 Å². The summed E-state index contributed by atoms with van der Waals surface area (Å²) >= 11 is 0. The van der Waals surface area contributed by atoms with Crippen molar-refractivity contribution in [2.24, 2.45) is 0 Å². The predicted molar refractivity (Wildman–Crippen MR) is 106 cm³/mol. The molecule has 1 saturated heterocycles. The lowest BCUT2D eigenvalue weighted by atomic mass is 9.74. The number of carbonyl (C=O) groups is 1. The Morgan fingerprint density at radius 1 is 0.963 bits per heavy atom. The smallest absolute Gasteiger partial charge is 0.255 e. The molecule has 1 amide bonds. The van der Waals surface area contributed by atoms with Gasteiger partial charge in [0.2, 0.25) is 0 Å². The lowest BCUT2D eigenvalue weighted by molar-refractivity contribution is 0.0487. The van der Waals surface area contributed by atoms with Gasteiger partial charge in [0, 0.05) is 25.2 Å². The number of benzene rings is 3. The van der Waals surface area contributed by atoms with Crippen LogP contribution in [0.5, 0.6) is 5.75 Å². The van der Waals surface area contributed by atoms with Crippen molar-refractivity contribution in [1.82, 2.24) is 5.32 Å². The number of hydrogen-bond acceptors (Lipinski definition) is 3. The maximum absolute atomic E-state index is 12.8. The summed E-state index contributed by atoms with van der Waals surface area (Å²) in [5, 5.41) is 15.2. The number of phenolic OH excluding ortho intramolecular Hbond substituents is 1. The first-order valence-electron chi connectivity index (χ1n) is 9.31. The number of rotatable bonds is 4. The predicted octanol–water partition coefficient (Wildman–Crippen LogP) is 4.02. The summed E-state index contributed by atoms with van der Waals surface area (Å²) < 4.78 is 5.55. The van der Waals surface area contributed by atoms with Crippen LogP contribution in [0.4, 0.5) is 0 Å². The van der Waals surface area contributed by atoms with E-state index in [1.54, 1.807) is 12.1 Å². The number of nitrogens with one attached hydrogen (secondary N) is 1. The van der Waals surface area contributed by atoms with E-state index >= 15 is 0 Å². The van der Waals surface area contributed by atoms with Crippen LogP contribution in [0, 0.1) is 0 Å². The topological polar surface area (TPSA) is 58.6 Å². The van der Waals surface area contributed by atoms with Crippen molar-refractivity contribution in [2.75, 3.05) is 19.8 Å². The summed E-state index contributed by atoms with van der Waals surface area (Å²) in [6.45, 7) is 1.89. The van der Waals surface area contributed by atoms with Crippen LogP contribution >= 0.6 is 0 Å². The number of carbonyl (C=O) groups excluding carboxylic acids is 1. The minimum atomic E-state index is -0.250. The molecular formula is C23H23NO3. The van der Waals surface area contributed by atoms with Gasteiger partial charge in [0.1, 0.15) is 5.75 Å². The van der Waals surface area contributed by atoms with Crippen LogP contribution in [-0.4, -0.2) is 30.8 Å². The summed E-state index contributed by atoms with van der Waals surface area (Å²) in [5.41, 5.74) is 1.39. The summed E-state index contributed by atoms with van der Waals surface area (Å²) in [6, 6.07) is 21.4. The summed E-state index contributed by atoms with van der Waals surface area (Å²) in [7, 11) is 0. The third-order valence-electron chi connectivity index (χ3n) is 5.53. The zero-order valence-electron chi connectivity index (χ0n) is 15.2. The highest BCUT2D eigenvalue weighted by Crippen LogP contribution is 2.34. The normalized spacial score (nSPS) is 16.1. The van der Waals surface area contributed by atoms with Gasteiger partial charge in [-0.25, -0.2) is 0 Å². The molecule has 0 bridgehead atoms. The molecule has 0 saturated carbocycles. The Hall–Kier alpha value is -2.85. The third kappa shape index (κ3) is 3.53. The van der Waals surface area contributed by atoms with Gasteiger partial charge in [0.15, 0.2) is 0 Å². The van der Waals surface area contributed by atoms with Crippen LogP contribution in [-0.2, 0) is 10.2 Å². The highest BCUT2D eigenvalue weighted by molar-refractivity contribution is 6.01. The van der Waals surface area contributed by atoms with Crippen molar-refractivity contribution in [3.8, 4) is 5.75 Å². The Labute approximate surface area is 158 Å². The van der Waals surface area contributed by atoms with E-state index in [1.807, 2.05) is 42.5 Å². The van der Waals surface area contributed by atoms with Crippen LogP contribution in [0.25, 0.3) is 10.8 Å². The van der Waals surface area contributed by atoms with Gasteiger partial charge in [0.25, 0.3) is 5.91 Å². The fourth-order valence-corrected chi connectivity index (χ4v) is 3.88. The van der Waals surface area contributed by atoms with Crippen LogP contribution in [0.3, 0.4) is 0 Å². The molecular weight excluding hydrogens is 338 g/mol. The molecule has 0 radical (unpaired) electrons. The van der Waals surface area contributed by atoms with E-state index in [2.05, 4.69) is 17.4 Å². The molecule has 2 N–H and O–H groups in total. The van der Waals surface area contributed by atoms with Crippen molar-refractivity contribution in [3.63, 3.8) is 0 Å². The molecule has 1 aliphatic heterocycles. The molecule has 1 aliphatic rings. The molecule has 0 unspecified atom stereocenters. The van der Waals surface area contributed by atoms with E-state index in [9.17, 15) is 9.90 Å². The Balaban J connectivity index is 1.58. The number of aromatic hydroxyl groups is 1. The summed E-state index contributed by atoms with van der Waals surface area (Å²) in [4.78, 5) is 12.8. The molecule has 3 aromatic rings. The van der Waals surface area contributed by atoms with E-state index in [0.717, 1.165) is 23.6 Å². The van der Waals surface area contributed by atoms with Crippen LogP contribution < -0.4 is 5.32 Å². The van der Waals surface area contributed by atoms with Crippen molar-refractivity contribution in [2.45, 2.75) is 18.3 Å². The lowest BCUT2D eigenvalue weighted by Gasteiger charge is -2.38. The number of amides is 1. The Morgan fingerprint density at radius 2 is 1.59 bits per heavy atom. The largest absolute Gasteiger partial charge is 0.507 e. The van der Waals surface area contributed by atoms with E-state index < -0.39 is 0 Å². The molecule has 0 aromatic heterocycles. The standard InChI is InChI=1S/C23H23NO3/c25-21-15-18-7-5-4-6-17(18)14-20(21)22(26)24-16-23(10-12-27-13-11-23)19-8-2-1-3-9-19/h1-9,14-15,25H,10-13,16H2,(H,24,26). The maximum atomic E-state index is 12.8. The summed E-state index contributed by atoms with van der Waals surface area (Å²) in [6.07, 6.45) is 1.72. The molecule has 3 aromatic carbocycles. The molecule has 0 aliphatic carbocycles. The van der Waals surface area contributed by atoms with Crippen molar-refractivity contribution >= 4 is 16.7 Å². The van der Waals surface area contributed by atoms with E-state index in [-0.39, 0.29) is 17.1 Å². The first-order valence-corrected chi connectivity index (χ1v) is 9.31. The quantitative estimate of drug-likeness (QED) is 0.738. The highest BCUT2D eigenvalue weighted by Gasteiger charge is 2.35. The summed E-state index contributed by atoms with van der Waals surface area (Å²) in [5.74, 6) is -0.244. The zero-order chi connectivity index (χ0) is 18.7. The van der Waals surface area contributed by atoms with Gasteiger partial charge in [-0.2, -0.15) is 0 Å². The first-order chi connectivity index (χ1) is 13.2. The fourth-order valence-electron chi connectivity index (χ4n) is 3.88. The maximum Gasteiger partial charge on any atom is 0.255 e. The molecule has 4 nitrogen and oxygen atoms in total. The molecule has 1 fully saturated rings. The van der Waals surface area contributed by atoms with E-state index in [0.29, 0.717) is 25.3 Å². The monoisotopic (exact) mass is 361 g/mol. The fraction of sp³-hybridized carbons (Fsp3) is 0.261. The van der Waals surface area contributed by atoms with Crippen LogP contribution in [0.1, 0.15) is 28.8 Å². The number of phenols is 1. The average Bonchev–Trinajstić information content (AvgIpc) is 2.73. The Morgan fingerprint density at radius 3 is 2.30 bits per heavy atom. The zero-order valence-corrected chi connectivity index (χ0v) is 15.2. The second-order valence-electron chi connectivity index (χ2n) is 7.16. The molecule has 4 rings (SSSR count). The van der Waals surface area contributed by atoms with Gasteiger partial charge in [-0.05, 0) is 41.3 Å². The van der Waals surface area contributed by atoms with Gasteiger partial charge in [-0.15, -0.1) is 0 Å². The molecule has 138 valence electrons. The van der Waals surface area contributed by atoms with Gasteiger partial charge >= 0.3 is 0 Å². The molecule has 1 heterocycles. The third-order valence-corrected chi connectivity index (χ3v) is 5.53. The second kappa shape index (κ2) is 7.41. The molecule has 4 heteroatoms. The number of hydrogen-bond donors (Lipinski definition) is 2. The van der Waals surface area contributed by atoms with Crippen LogP contribution in [0.15, 0.2) is 66.7 Å². The second-order valence-corrected chi connectivity index (χ2v) is 7.16. The van der Waals surface area contributed by atoms with Crippen molar-refractivity contribution in [1.29, 1.82) is 0 Å². The molecule has 0 spiro atoms. The van der Waals surface area contributed by atoms with E-state index in [1.165, 1.54) is 5.56 Å². The van der Waals surface area contributed by atoms with Gasteiger partial charge in [-0.1, -0.05) is 54.6 Å². The van der Waals surface area contributed by atoms with Crippen LogP contribution in [0.2, 0.25) is 0 Å². The lowest BCUT2D eigenvalue weighted by Crippen LogP contribution is -2.44.